The van der Waals surface area contributed by atoms with Gasteiger partial charge in [-0.15, -0.1) is 38.0 Å². The first-order valence-corrected chi connectivity index (χ1v) is 8.94. The van der Waals surface area contributed by atoms with Crippen LogP contribution in [0, 0.1) is 11.3 Å². The minimum Gasteiger partial charge on any atom is -0.504 e. The van der Waals surface area contributed by atoms with Gasteiger partial charge in [-0.25, -0.2) is 0 Å². The van der Waals surface area contributed by atoms with Crippen molar-refractivity contribution in [3.63, 3.8) is 0 Å². The van der Waals surface area contributed by atoms with Crippen molar-refractivity contribution in [3.8, 4) is 23.3 Å². The Hall–Kier alpha value is -2.38. The average Bonchev–Trinajstić information content (AvgIpc) is 2.70. The van der Waals surface area contributed by atoms with Gasteiger partial charge in [0.05, 0.1) is 24.8 Å². The number of aromatic hydroxyl groups is 1. The topological polar surface area (TPSA) is 77.8 Å². The third-order valence-corrected chi connectivity index (χ3v) is 4.74. The standard InChI is InChI=1S/C20H20F3N3O3.2ClH/c1-28-16-7-4-14(12-24)17(19(16)27)18(26-10-8-25-9-11-26)13-2-5-15(6-3-13)29-20(21,22)23;;/h2-7,18,25,27H,8-11H2,1H3;2*1H/t18-;;/m0../s1. The molecule has 6 nitrogen and oxygen atoms in total. The summed E-state index contributed by atoms with van der Waals surface area (Å²) >= 11 is 0. The second kappa shape index (κ2) is 11.3. The molecule has 11 heteroatoms. The van der Waals surface area contributed by atoms with Gasteiger partial charge in [-0.05, 0) is 29.8 Å². The van der Waals surface area contributed by atoms with Gasteiger partial charge in [-0.3, -0.25) is 4.90 Å². The van der Waals surface area contributed by atoms with Crippen molar-refractivity contribution in [1.82, 2.24) is 10.2 Å². The number of alkyl halides is 3. The number of halogens is 5. The van der Waals surface area contributed by atoms with Crippen LogP contribution < -0.4 is 14.8 Å². The number of ether oxygens (including phenoxy) is 2. The first-order chi connectivity index (χ1) is 13.8. The van der Waals surface area contributed by atoms with Crippen LogP contribution in [0.2, 0.25) is 0 Å². The molecular formula is C20H22Cl2F3N3O3. The van der Waals surface area contributed by atoms with E-state index in [1.54, 1.807) is 6.07 Å². The average molecular weight is 480 g/mol. The first-order valence-electron chi connectivity index (χ1n) is 8.94. The highest BCUT2D eigenvalue weighted by atomic mass is 35.5. The van der Waals surface area contributed by atoms with E-state index in [4.69, 9.17) is 4.74 Å². The number of hydrogen-bond acceptors (Lipinski definition) is 6. The molecule has 2 N–H and O–H groups in total. The van der Waals surface area contributed by atoms with Crippen LogP contribution >= 0.6 is 24.8 Å². The van der Waals surface area contributed by atoms with E-state index in [-0.39, 0.29) is 47.6 Å². The van der Waals surface area contributed by atoms with Gasteiger partial charge in [0, 0.05) is 31.7 Å². The van der Waals surface area contributed by atoms with E-state index >= 15 is 0 Å². The van der Waals surface area contributed by atoms with Crippen molar-refractivity contribution in [3.05, 3.63) is 53.1 Å². The fraction of sp³-hybridized carbons (Fsp3) is 0.350. The Kier molecular flexibility index (Phi) is 9.72. The van der Waals surface area contributed by atoms with E-state index in [0.717, 1.165) is 0 Å². The van der Waals surface area contributed by atoms with E-state index in [1.165, 1.54) is 37.4 Å². The van der Waals surface area contributed by atoms with Crippen LogP contribution in [0.1, 0.15) is 22.7 Å². The molecule has 0 saturated carbocycles. The molecule has 0 unspecified atom stereocenters. The Morgan fingerprint density at radius 3 is 2.23 bits per heavy atom. The fourth-order valence-electron chi connectivity index (χ4n) is 3.48. The maximum Gasteiger partial charge on any atom is 0.573 e. The molecule has 2 aromatic carbocycles. The minimum atomic E-state index is -4.78. The number of methoxy groups -OCH3 is 1. The highest BCUT2D eigenvalue weighted by Gasteiger charge is 2.32. The fourth-order valence-corrected chi connectivity index (χ4v) is 3.48. The summed E-state index contributed by atoms with van der Waals surface area (Å²) in [6.45, 7) is 2.68. The molecule has 0 aliphatic carbocycles. The molecule has 0 radical (unpaired) electrons. The Labute approximate surface area is 190 Å². The molecule has 1 fully saturated rings. The van der Waals surface area contributed by atoms with Gasteiger partial charge in [-0.2, -0.15) is 5.26 Å². The van der Waals surface area contributed by atoms with Crippen LogP contribution in [0.25, 0.3) is 0 Å². The zero-order valence-corrected chi connectivity index (χ0v) is 18.1. The molecular weight excluding hydrogens is 458 g/mol. The van der Waals surface area contributed by atoms with Gasteiger partial charge in [0.1, 0.15) is 5.75 Å². The Morgan fingerprint density at radius 2 is 1.71 bits per heavy atom. The van der Waals surface area contributed by atoms with Crippen LogP contribution in [0.4, 0.5) is 13.2 Å². The molecule has 1 saturated heterocycles. The van der Waals surface area contributed by atoms with Crippen molar-refractivity contribution in [1.29, 1.82) is 5.26 Å². The normalized spacial score (nSPS) is 15.1. The van der Waals surface area contributed by atoms with Gasteiger partial charge < -0.3 is 19.9 Å². The predicted octanol–water partition coefficient (Wildman–Crippen LogP) is 4.01. The zero-order chi connectivity index (χ0) is 21.0. The second-order valence-corrected chi connectivity index (χ2v) is 6.49. The number of nitrogens with zero attached hydrogens (tertiary/aromatic N) is 2. The smallest absolute Gasteiger partial charge is 0.504 e. The minimum absolute atomic E-state index is 0. The molecule has 1 heterocycles. The van der Waals surface area contributed by atoms with Crippen LogP contribution in [0.5, 0.6) is 17.2 Å². The summed E-state index contributed by atoms with van der Waals surface area (Å²) in [7, 11) is 1.41. The molecule has 3 rings (SSSR count). The lowest BCUT2D eigenvalue weighted by atomic mass is 9.91. The number of phenolic OH excluding ortho intramolecular Hbond substituents is 1. The van der Waals surface area contributed by atoms with Crippen LogP contribution in [-0.2, 0) is 0 Å². The third-order valence-electron chi connectivity index (χ3n) is 4.74. The number of benzene rings is 2. The molecule has 31 heavy (non-hydrogen) atoms. The summed E-state index contributed by atoms with van der Waals surface area (Å²) in [5.74, 6) is -0.280. The van der Waals surface area contributed by atoms with Crippen LogP contribution in [0.15, 0.2) is 36.4 Å². The van der Waals surface area contributed by atoms with E-state index in [1.807, 2.05) is 0 Å². The molecule has 2 aromatic rings. The van der Waals surface area contributed by atoms with Crippen LogP contribution in [-0.4, -0.2) is 49.7 Å². The van der Waals surface area contributed by atoms with Crippen molar-refractivity contribution in [2.24, 2.45) is 0 Å². The van der Waals surface area contributed by atoms with Crippen molar-refractivity contribution in [2.75, 3.05) is 33.3 Å². The molecule has 1 aliphatic rings. The second-order valence-electron chi connectivity index (χ2n) is 6.49. The zero-order valence-electron chi connectivity index (χ0n) is 16.5. The molecule has 170 valence electrons. The molecule has 0 spiro atoms. The monoisotopic (exact) mass is 479 g/mol. The first kappa shape index (κ1) is 26.7. The number of rotatable bonds is 5. The van der Waals surface area contributed by atoms with Gasteiger partial charge in [-0.1, -0.05) is 12.1 Å². The van der Waals surface area contributed by atoms with Crippen LogP contribution in [0.3, 0.4) is 0 Å². The van der Waals surface area contributed by atoms with E-state index < -0.39 is 12.4 Å². The van der Waals surface area contributed by atoms with E-state index in [2.05, 4.69) is 21.0 Å². The number of hydrogen-bond donors (Lipinski definition) is 2. The third kappa shape index (κ3) is 6.31. The van der Waals surface area contributed by atoms with E-state index in [9.17, 15) is 23.5 Å². The predicted molar refractivity (Wildman–Crippen MR) is 113 cm³/mol. The summed E-state index contributed by atoms with van der Waals surface area (Å²) in [6.07, 6.45) is -4.78. The highest BCUT2D eigenvalue weighted by molar-refractivity contribution is 5.85. The lowest BCUT2D eigenvalue weighted by molar-refractivity contribution is -0.274. The van der Waals surface area contributed by atoms with Gasteiger partial charge in [0.25, 0.3) is 0 Å². The number of piperazine rings is 1. The Balaban J connectivity index is 0.00000240. The SMILES string of the molecule is COc1ccc(C#N)c([C@H](c2ccc(OC(F)(F)F)cc2)N2CCNCC2)c1O.Cl.Cl. The Morgan fingerprint density at radius 1 is 1.10 bits per heavy atom. The maximum atomic E-state index is 12.5. The summed E-state index contributed by atoms with van der Waals surface area (Å²) in [4.78, 5) is 2.06. The quantitative estimate of drug-likeness (QED) is 0.674. The number of nitrogens with one attached hydrogen (secondary N) is 1. The molecule has 1 aliphatic heterocycles. The summed E-state index contributed by atoms with van der Waals surface area (Å²) in [6, 6.07) is 10.1. The van der Waals surface area contributed by atoms with Gasteiger partial charge in [0.15, 0.2) is 11.5 Å². The maximum absolute atomic E-state index is 12.5. The number of nitriles is 1. The number of phenols is 1. The van der Waals surface area contributed by atoms with Gasteiger partial charge >= 0.3 is 6.36 Å². The highest BCUT2D eigenvalue weighted by Crippen LogP contribution is 2.42. The van der Waals surface area contributed by atoms with Crippen molar-refractivity contribution in [2.45, 2.75) is 12.4 Å². The van der Waals surface area contributed by atoms with Crippen molar-refractivity contribution < 1.29 is 27.8 Å². The molecule has 0 aromatic heterocycles. The summed E-state index contributed by atoms with van der Waals surface area (Å²) in [5, 5.41) is 23.6. The van der Waals surface area contributed by atoms with Gasteiger partial charge in [0.2, 0.25) is 0 Å². The Bertz CT molecular complexity index is 900. The lowest BCUT2D eigenvalue weighted by Gasteiger charge is -2.36. The molecule has 0 amide bonds. The summed E-state index contributed by atoms with van der Waals surface area (Å²) in [5.41, 5.74) is 1.25. The largest absolute Gasteiger partial charge is 0.573 e. The molecule has 1 atom stereocenters. The molecule has 0 bridgehead atoms. The summed E-state index contributed by atoms with van der Waals surface area (Å²) < 4.78 is 46.6. The lowest BCUT2D eigenvalue weighted by Crippen LogP contribution is -2.45. The van der Waals surface area contributed by atoms with E-state index in [0.29, 0.717) is 37.3 Å². The van der Waals surface area contributed by atoms with Crippen molar-refractivity contribution >= 4 is 24.8 Å².